The van der Waals surface area contributed by atoms with Crippen molar-refractivity contribution in [1.29, 1.82) is 0 Å². The standard InChI is InChI=1S/C14H21NO/c1-2-15-14(12-5-6-16-9-12)13-8-10-3-4-11(13)7-10/h5-6,9-11,13-15H,2-4,7-8H2,1H3. The van der Waals surface area contributed by atoms with Crippen molar-refractivity contribution in [2.45, 2.75) is 38.6 Å². The van der Waals surface area contributed by atoms with Crippen molar-refractivity contribution >= 4 is 0 Å². The fourth-order valence-electron chi connectivity index (χ4n) is 3.89. The first-order valence-electron chi connectivity index (χ1n) is 6.64. The topological polar surface area (TPSA) is 25.2 Å². The summed E-state index contributed by atoms with van der Waals surface area (Å²) in [6.45, 7) is 3.24. The monoisotopic (exact) mass is 219 g/mol. The molecule has 0 radical (unpaired) electrons. The molecule has 4 atom stereocenters. The number of nitrogens with one attached hydrogen (secondary N) is 1. The molecule has 0 amide bonds. The van der Waals surface area contributed by atoms with Crippen molar-refractivity contribution in [2.75, 3.05) is 6.54 Å². The van der Waals surface area contributed by atoms with Gasteiger partial charge in [0, 0.05) is 11.6 Å². The Hall–Kier alpha value is -0.760. The predicted octanol–water partition coefficient (Wildman–Crippen LogP) is 3.37. The van der Waals surface area contributed by atoms with E-state index < -0.39 is 0 Å². The third-order valence-electron chi connectivity index (χ3n) is 4.55. The van der Waals surface area contributed by atoms with E-state index in [-0.39, 0.29) is 0 Å². The molecule has 2 aliphatic carbocycles. The third-order valence-corrected chi connectivity index (χ3v) is 4.55. The van der Waals surface area contributed by atoms with Crippen LogP contribution >= 0.6 is 0 Å². The molecule has 2 saturated carbocycles. The summed E-state index contributed by atoms with van der Waals surface area (Å²) in [7, 11) is 0. The minimum absolute atomic E-state index is 0.527. The Bertz CT molecular complexity index is 333. The summed E-state index contributed by atoms with van der Waals surface area (Å²) in [6.07, 6.45) is 9.55. The molecule has 1 N–H and O–H groups in total. The maximum absolute atomic E-state index is 5.24. The van der Waals surface area contributed by atoms with Gasteiger partial charge in [-0.1, -0.05) is 13.3 Å². The van der Waals surface area contributed by atoms with Gasteiger partial charge in [0.15, 0.2) is 0 Å². The SMILES string of the molecule is CCNC(c1ccoc1)C1CC2CCC1C2. The lowest BCUT2D eigenvalue weighted by Crippen LogP contribution is -2.31. The zero-order valence-corrected chi connectivity index (χ0v) is 9.99. The molecular weight excluding hydrogens is 198 g/mol. The highest BCUT2D eigenvalue weighted by Gasteiger charge is 2.43. The normalized spacial score (nSPS) is 34.4. The van der Waals surface area contributed by atoms with Crippen LogP contribution in [0, 0.1) is 17.8 Å². The summed E-state index contributed by atoms with van der Waals surface area (Å²) in [5.41, 5.74) is 1.35. The molecule has 4 unspecified atom stereocenters. The van der Waals surface area contributed by atoms with Crippen LogP contribution in [0.5, 0.6) is 0 Å². The Morgan fingerprint density at radius 3 is 2.94 bits per heavy atom. The summed E-state index contributed by atoms with van der Waals surface area (Å²) in [5, 5.41) is 3.65. The minimum atomic E-state index is 0.527. The van der Waals surface area contributed by atoms with Crippen LogP contribution in [0.15, 0.2) is 23.0 Å². The molecular formula is C14H21NO. The first-order chi connectivity index (χ1) is 7.88. The average molecular weight is 219 g/mol. The highest BCUT2D eigenvalue weighted by molar-refractivity contribution is 5.15. The average Bonchev–Trinajstić information content (AvgIpc) is 3.01. The van der Waals surface area contributed by atoms with E-state index in [0.29, 0.717) is 6.04 Å². The molecule has 2 bridgehead atoms. The Morgan fingerprint density at radius 1 is 1.44 bits per heavy atom. The molecule has 0 aromatic carbocycles. The van der Waals surface area contributed by atoms with Gasteiger partial charge < -0.3 is 9.73 Å². The second-order valence-corrected chi connectivity index (χ2v) is 5.43. The zero-order chi connectivity index (χ0) is 11.0. The molecule has 1 aromatic rings. The van der Waals surface area contributed by atoms with Crippen molar-refractivity contribution < 1.29 is 4.42 Å². The molecule has 0 saturated heterocycles. The lowest BCUT2D eigenvalue weighted by atomic mass is 9.81. The smallest absolute Gasteiger partial charge is 0.0950 e. The zero-order valence-electron chi connectivity index (χ0n) is 9.99. The van der Waals surface area contributed by atoms with Crippen LogP contribution < -0.4 is 5.32 Å². The lowest BCUT2D eigenvalue weighted by molar-refractivity contribution is 0.252. The molecule has 2 aliphatic rings. The Kier molecular flexibility index (Phi) is 2.76. The van der Waals surface area contributed by atoms with Gasteiger partial charge in [-0.15, -0.1) is 0 Å². The Labute approximate surface area is 97.4 Å². The van der Waals surface area contributed by atoms with Crippen molar-refractivity contribution in [3.8, 4) is 0 Å². The number of fused-ring (bicyclic) bond motifs is 2. The molecule has 0 spiro atoms. The summed E-state index contributed by atoms with van der Waals surface area (Å²) in [6, 6.07) is 2.65. The van der Waals surface area contributed by atoms with E-state index >= 15 is 0 Å². The maximum Gasteiger partial charge on any atom is 0.0950 e. The molecule has 16 heavy (non-hydrogen) atoms. The molecule has 1 aromatic heterocycles. The van der Waals surface area contributed by atoms with E-state index in [1.54, 1.807) is 6.26 Å². The largest absolute Gasteiger partial charge is 0.472 e. The molecule has 2 nitrogen and oxygen atoms in total. The van der Waals surface area contributed by atoms with Crippen LogP contribution in [0.1, 0.15) is 44.2 Å². The molecule has 3 rings (SSSR count). The first kappa shape index (κ1) is 10.4. The fourth-order valence-corrected chi connectivity index (χ4v) is 3.89. The van der Waals surface area contributed by atoms with E-state index in [4.69, 9.17) is 4.42 Å². The number of hydrogen-bond acceptors (Lipinski definition) is 2. The molecule has 2 heteroatoms. The van der Waals surface area contributed by atoms with Gasteiger partial charge in [-0.25, -0.2) is 0 Å². The van der Waals surface area contributed by atoms with Crippen LogP contribution in [0.4, 0.5) is 0 Å². The van der Waals surface area contributed by atoms with Gasteiger partial charge >= 0.3 is 0 Å². The summed E-state index contributed by atoms with van der Waals surface area (Å²) < 4.78 is 5.24. The third kappa shape index (κ3) is 1.69. The van der Waals surface area contributed by atoms with Crippen molar-refractivity contribution in [1.82, 2.24) is 5.32 Å². The lowest BCUT2D eigenvalue weighted by Gasteiger charge is -2.30. The quantitative estimate of drug-likeness (QED) is 0.840. The van der Waals surface area contributed by atoms with E-state index in [2.05, 4.69) is 18.3 Å². The Morgan fingerprint density at radius 2 is 2.38 bits per heavy atom. The number of furan rings is 1. The predicted molar refractivity (Wildman–Crippen MR) is 64.1 cm³/mol. The van der Waals surface area contributed by atoms with Crippen LogP contribution in [0.2, 0.25) is 0 Å². The maximum atomic E-state index is 5.24. The van der Waals surface area contributed by atoms with Gasteiger partial charge in [0.2, 0.25) is 0 Å². The second kappa shape index (κ2) is 4.25. The van der Waals surface area contributed by atoms with Crippen molar-refractivity contribution in [3.63, 3.8) is 0 Å². The fraction of sp³-hybridized carbons (Fsp3) is 0.714. The number of rotatable bonds is 4. The molecule has 88 valence electrons. The molecule has 1 heterocycles. The van der Waals surface area contributed by atoms with E-state index in [9.17, 15) is 0 Å². The van der Waals surface area contributed by atoms with Crippen LogP contribution in [-0.2, 0) is 0 Å². The van der Waals surface area contributed by atoms with E-state index in [1.807, 2.05) is 6.26 Å². The van der Waals surface area contributed by atoms with Gasteiger partial charge in [-0.3, -0.25) is 0 Å². The minimum Gasteiger partial charge on any atom is -0.472 e. The van der Waals surface area contributed by atoms with E-state index in [0.717, 1.165) is 24.3 Å². The molecule has 2 fully saturated rings. The Balaban J connectivity index is 1.78. The van der Waals surface area contributed by atoms with Crippen LogP contribution in [0.25, 0.3) is 0 Å². The molecule has 0 aliphatic heterocycles. The van der Waals surface area contributed by atoms with Gasteiger partial charge in [0.25, 0.3) is 0 Å². The number of hydrogen-bond donors (Lipinski definition) is 1. The van der Waals surface area contributed by atoms with Gasteiger partial charge in [-0.2, -0.15) is 0 Å². The van der Waals surface area contributed by atoms with Crippen LogP contribution in [0.3, 0.4) is 0 Å². The summed E-state index contributed by atoms with van der Waals surface area (Å²) >= 11 is 0. The highest BCUT2D eigenvalue weighted by atomic mass is 16.3. The summed E-state index contributed by atoms with van der Waals surface area (Å²) in [4.78, 5) is 0. The summed E-state index contributed by atoms with van der Waals surface area (Å²) in [5.74, 6) is 2.82. The van der Waals surface area contributed by atoms with Gasteiger partial charge in [0.1, 0.15) is 0 Å². The van der Waals surface area contributed by atoms with E-state index in [1.165, 1.54) is 31.2 Å². The highest BCUT2D eigenvalue weighted by Crippen LogP contribution is 2.52. The van der Waals surface area contributed by atoms with Gasteiger partial charge in [0.05, 0.1) is 12.5 Å². The van der Waals surface area contributed by atoms with Gasteiger partial charge in [-0.05, 0) is 49.6 Å². The van der Waals surface area contributed by atoms with Crippen molar-refractivity contribution in [3.05, 3.63) is 24.2 Å². The van der Waals surface area contributed by atoms with Crippen molar-refractivity contribution in [2.24, 2.45) is 17.8 Å². The first-order valence-corrected chi connectivity index (χ1v) is 6.64. The second-order valence-electron chi connectivity index (χ2n) is 5.43. The van der Waals surface area contributed by atoms with Crippen LogP contribution in [-0.4, -0.2) is 6.54 Å².